The van der Waals surface area contributed by atoms with Gasteiger partial charge in [-0.1, -0.05) is 48.0 Å². The van der Waals surface area contributed by atoms with E-state index in [-0.39, 0.29) is 27.8 Å². The zero-order valence-electron chi connectivity index (χ0n) is 21.3. The zero-order chi connectivity index (χ0) is 28.3. The summed E-state index contributed by atoms with van der Waals surface area (Å²) in [5.74, 6) is -1.70. The van der Waals surface area contributed by atoms with E-state index in [1.54, 1.807) is 42.5 Å². The lowest BCUT2D eigenvalue weighted by molar-refractivity contribution is 0.0445. The molecular formula is C31H23F2NO5S. The molecule has 1 atom stereocenters. The van der Waals surface area contributed by atoms with Gasteiger partial charge in [0.1, 0.15) is 22.6 Å². The van der Waals surface area contributed by atoms with Crippen molar-refractivity contribution in [2.24, 2.45) is 0 Å². The first-order chi connectivity index (χ1) is 19.2. The van der Waals surface area contributed by atoms with E-state index in [9.17, 15) is 22.0 Å². The maximum atomic E-state index is 14.1. The Morgan fingerprint density at radius 3 is 2.08 bits per heavy atom. The van der Waals surface area contributed by atoms with Gasteiger partial charge < -0.3 is 9.15 Å². The molecule has 0 amide bonds. The number of rotatable bonds is 8. The Morgan fingerprint density at radius 2 is 1.45 bits per heavy atom. The van der Waals surface area contributed by atoms with Crippen LogP contribution in [0.1, 0.15) is 38.2 Å². The Labute approximate surface area is 229 Å². The molecule has 5 aromatic rings. The molecule has 0 aliphatic rings. The largest absolute Gasteiger partial charge is 0.454 e. The molecule has 0 spiro atoms. The SMILES string of the molecule is Cc1ccc(S(=O)(=O)C(c2ccccc2)c2nc(-c3ccc(F)cc3)oc2COC(=O)c2ccc(F)cc2)cc1. The van der Waals surface area contributed by atoms with Gasteiger partial charge in [-0.2, -0.15) is 0 Å². The number of ether oxygens (including phenoxy) is 1. The molecule has 6 nitrogen and oxygen atoms in total. The van der Waals surface area contributed by atoms with Crippen molar-refractivity contribution in [3.8, 4) is 11.5 Å². The second-order valence-electron chi connectivity index (χ2n) is 9.07. The van der Waals surface area contributed by atoms with Crippen LogP contribution in [0.25, 0.3) is 11.5 Å². The monoisotopic (exact) mass is 559 g/mol. The smallest absolute Gasteiger partial charge is 0.338 e. The van der Waals surface area contributed by atoms with E-state index in [0.29, 0.717) is 11.1 Å². The number of sulfone groups is 1. The molecule has 1 heterocycles. The number of hydrogen-bond donors (Lipinski definition) is 0. The van der Waals surface area contributed by atoms with Gasteiger partial charge in [0.2, 0.25) is 5.89 Å². The first-order valence-electron chi connectivity index (χ1n) is 12.3. The minimum absolute atomic E-state index is 0.000624. The molecule has 0 saturated carbocycles. The van der Waals surface area contributed by atoms with Crippen molar-refractivity contribution >= 4 is 15.8 Å². The van der Waals surface area contributed by atoms with Gasteiger partial charge in [0.15, 0.2) is 22.2 Å². The van der Waals surface area contributed by atoms with Crippen molar-refractivity contribution in [3.63, 3.8) is 0 Å². The van der Waals surface area contributed by atoms with Gasteiger partial charge in [-0.25, -0.2) is 27.0 Å². The Balaban J connectivity index is 1.62. The number of aryl methyl sites for hydroxylation is 1. The molecule has 0 bridgehead atoms. The summed E-state index contributed by atoms with van der Waals surface area (Å²) >= 11 is 0. The van der Waals surface area contributed by atoms with Crippen molar-refractivity contribution in [1.82, 2.24) is 4.98 Å². The number of halogens is 2. The molecule has 0 saturated heterocycles. The number of oxazole rings is 1. The van der Waals surface area contributed by atoms with Gasteiger partial charge in [-0.05, 0) is 73.2 Å². The Hall–Kier alpha value is -4.63. The number of aromatic nitrogens is 1. The van der Waals surface area contributed by atoms with Gasteiger partial charge in [-0.3, -0.25) is 0 Å². The molecule has 40 heavy (non-hydrogen) atoms. The lowest BCUT2D eigenvalue weighted by atomic mass is 10.1. The summed E-state index contributed by atoms with van der Waals surface area (Å²) in [6, 6.07) is 25.1. The number of benzene rings is 4. The fourth-order valence-electron chi connectivity index (χ4n) is 4.16. The third-order valence-corrected chi connectivity index (χ3v) is 8.29. The van der Waals surface area contributed by atoms with E-state index in [0.717, 1.165) is 17.7 Å². The minimum atomic E-state index is -4.08. The fraction of sp³-hybridized carbons (Fsp3) is 0.0968. The van der Waals surface area contributed by atoms with Crippen LogP contribution in [0.2, 0.25) is 0 Å². The van der Waals surface area contributed by atoms with Crippen LogP contribution in [-0.2, 0) is 21.2 Å². The molecule has 202 valence electrons. The molecule has 0 aliphatic heterocycles. The molecule has 0 radical (unpaired) electrons. The first-order valence-corrected chi connectivity index (χ1v) is 13.8. The number of nitrogens with zero attached hydrogens (tertiary/aromatic N) is 1. The standard InChI is InChI=1S/C31H23F2NO5S/c1-20-7-17-26(18-8-20)40(36,37)29(21-5-3-2-4-6-21)28-27(19-38-31(35)23-11-15-25(33)16-12-23)39-30(34-28)22-9-13-24(32)14-10-22/h2-18,29H,19H2,1H3. The molecule has 0 aliphatic carbocycles. The molecular weight excluding hydrogens is 536 g/mol. The second-order valence-corrected chi connectivity index (χ2v) is 11.1. The lowest BCUT2D eigenvalue weighted by Crippen LogP contribution is -2.18. The van der Waals surface area contributed by atoms with E-state index in [1.807, 2.05) is 6.92 Å². The third-order valence-electron chi connectivity index (χ3n) is 6.24. The van der Waals surface area contributed by atoms with Crippen LogP contribution >= 0.6 is 0 Å². The highest BCUT2D eigenvalue weighted by Crippen LogP contribution is 2.38. The van der Waals surface area contributed by atoms with Crippen molar-refractivity contribution < 1.29 is 31.1 Å². The van der Waals surface area contributed by atoms with Gasteiger partial charge in [0, 0.05) is 5.56 Å². The van der Waals surface area contributed by atoms with Crippen LogP contribution in [0.15, 0.2) is 112 Å². The molecule has 9 heteroatoms. The number of esters is 1. The summed E-state index contributed by atoms with van der Waals surface area (Å²) in [6.07, 6.45) is 0. The predicted molar refractivity (Wildman–Crippen MR) is 144 cm³/mol. The highest BCUT2D eigenvalue weighted by molar-refractivity contribution is 7.91. The van der Waals surface area contributed by atoms with Crippen molar-refractivity contribution in [3.05, 3.63) is 143 Å². The van der Waals surface area contributed by atoms with Crippen LogP contribution in [0.5, 0.6) is 0 Å². The Morgan fingerprint density at radius 1 is 0.850 bits per heavy atom. The van der Waals surface area contributed by atoms with Crippen LogP contribution in [0.3, 0.4) is 0 Å². The topological polar surface area (TPSA) is 86.5 Å². The normalized spacial score (nSPS) is 12.2. The highest BCUT2D eigenvalue weighted by atomic mass is 32.2. The Kier molecular flexibility index (Phi) is 7.57. The van der Waals surface area contributed by atoms with Crippen molar-refractivity contribution in [2.75, 3.05) is 0 Å². The average Bonchev–Trinajstić information content (AvgIpc) is 3.36. The maximum absolute atomic E-state index is 14.1. The minimum Gasteiger partial charge on any atom is -0.454 e. The average molecular weight is 560 g/mol. The molecule has 0 N–H and O–H groups in total. The van der Waals surface area contributed by atoms with Crippen LogP contribution in [0.4, 0.5) is 8.78 Å². The predicted octanol–water partition coefficient (Wildman–Crippen LogP) is 6.85. The van der Waals surface area contributed by atoms with Crippen LogP contribution < -0.4 is 0 Å². The molecule has 5 rings (SSSR count). The molecule has 0 fully saturated rings. The van der Waals surface area contributed by atoms with E-state index in [1.165, 1.54) is 48.5 Å². The van der Waals surface area contributed by atoms with Crippen LogP contribution in [-0.4, -0.2) is 19.4 Å². The second kappa shape index (κ2) is 11.2. The van der Waals surface area contributed by atoms with E-state index >= 15 is 0 Å². The van der Waals surface area contributed by atoms with E-state index in [2.05, 4.69) is 4.98 Å². The lowest BCUT2D eigenvalue weighted by Gasteiger charge is -2.18. The summed E-state index contributed by atoms with van der Waals surface area (Å²) in [5, 5.41) is -1.31. The summed E-state index contributed by atoms with van der Waals surface area (Å²) in [4.78, 5) is 17.3. The third kappa shape index (κ3) is 5.69. The van der Waals surface area contributed by atoms with Crippen molar-refractivity contribution in [2.45, 2.75) is 23.7 Å². The van der Waals surface area contributed by atoms with Crippen molar-refractivity contribution in [1.29, 1.82) is 0 Å². The summed E-state index contributed by atoms with van der Waals surface area (Å²) in [6.45, 7) is 1.40. The maximum Gasteiger partial charge on any atom is 0.338 e. The quantitative estimate of drug-likeness (QED) is 0.193. The molecule has 4 aromatic carbocycles. The van der Waals surface area contributed by atoms with Gasteiger partial charge in [0.25, 0.3) is 0 Å². The number of hydrogen-bond acceptors (Lipinski definition) is 6. The van der Waals surface area contributed by atoms with Gasteiger partial charge >= 0.3 is 5.97 Å². The van der Waals surface area contributed by atoms with Crippen LogP contribution in [0, 0.1) is 18.6 Å². The highest BCUT2D eigenvalue weighted by Gasteiger charge is 2.36. The van der Waals surface area contributed by atoms with Gasteiger partial charge in [0.05, 0.1) is 10.5 Å². The van der Waals surface area contributed by atoms with E-state index in [4.69, 9.17) is 9.15 Å². The summed E-state index contributed by atoms with van der Waals surface area (Å²) in [5.41, 5.74) is 1.85. The fourth-order valence-corrected chi connectivity index (χ4v) is 5.95. The van der Waals surface area contributed by atoms with Gasteiger partial charge in [-0.15, -0.1) is 0 Å². The van der Waals surface area contributed by atoms with E-state index < -0.39 is 39.3 Å². The summed E-state index contributed by atoms with van der Waals surface area (Å²) in [7, 11) is -4.08. The summed E-state index contributed by atoms with van der Waals surface area (Å²) < 4.78 is 66.5. The zero-order valence-corrected chi connectivity index (χ0v) is 22.1. The Bertz CT molecular complexity index is 1730. The first kappa shape index (κ1) is 27.0. The number of carbonyl (C=O) groups excluding carboxylic acids is 1. The molecule has 1 unspecified atom stereocenters. The number of carbonyl (C=O) groups is 1. The molecule has 1 aromatic heterocycles.